The molecule has 1 amide bonds. The topological polar surface area (TPSA) is 59.2 Å². The van der Waals surface area contributed by atoms with E-state index in [4.69, 9.17) is 4.42 Å². The van der Waals surface area contributed by atoms with Gasteiger partial charge in [-0.25, -0.2) is 0 Å². The Labute approximate surface area is 136 Å². The second-order valence-electron chi connectivity index (χ2n) is 5.82. The minimum atomic E-state index is -4.38. The van der Waals surface area contributed by atoms with Crippen molar-refractivity contribution < 1.29 is 22.4 Å². The number of nitrogens with zero attached hydrogens (tertiary/aromatic N) is 3. The summed E-state index contributed by atoms with van der Waals surface area (Å²) < 4.78 is 43.4. The van der Waals surface area contributed by atoms with Gasteiger partial charge in [-0.3, -0.25) is 4.79 Å². The molecule has 1 saturated heterocycles. The quantitative estimate of drug-likeness (QED) is 0.840. The van der Waals surface area contributed by atoms with Crippen LogP contribution in [0.3, 0.4) is 0 Å². The molecule has 0 radical (unpaired) electrons. The molecule has 128 valence electrons. The van der Waals surface area contributed by atoms with Gasteiger partial charge in [0.1, 0.15) is 0 Å². The van der Waals surface area contributed by atoms with Gasteiger partial charge in [-0.1, -0.05) is 0 Å². The summed E-state index contributed by atoms with van der Waals surface area (Å²) >= 11 is 0. The van der Waals surface area contributed by atoms with Gasteiger partial charge in [0, 0.05) is 25.6 Å². The number of hydrogen-bond acceptors (Lipinski definition) is 4. The van der Waals surface area contributed by atoms with E-state index in [9.17, 15) is 18.0 Å². The molecular formula is C16H16F3N3O2. The lowest BCUT2D eigenvalue weighted by Crippen LogP contribution is -2.37. The van der Waals surface area contributed by atoms with Gasteiger partial charge in [0.2, 0.25) is 17.7 Å². The molecular weight excluding hydrogens is 323 g/mol. The maximum atomic E-state index is 12.6. The monoisotopic (exact) mass is 339 g/mol. The minimum Gasteiger partial charge on any atom is -0.420 e. The van der Waals surface area contributed by atoms with Crippen LogP contribution < -0.4 is 0 Å². The Bertz CT molecular complexity index is 725. The van der Waals surface area contributed by atoms with Crippen molar-refractivity contribution in [2.75, 3.05) is 13.1 Å². The van der Waals surface area contributed by atoms with E-state index >= 15 is 0 Å². The predicted octanol–water partition coefficient (Wildman–Crippen LogP) is 3.48. The molecule has 1 fully saturated rings. The highest BCUT2D eigenvalue weighted by Crippen LogP contribution is 2.32. The molecule has 1 aromatic carbocycles. The summed E-state index contributed by atoms with van der Waals surface area (Å²) in [6, 6.07) is 4.58. The average molecular weight is 339 g/mol. The SMILES string of the molecule is CC(=O)N1CCCC(c2nnc(-c3ccc(C(F)(F)F)cc3)o2)C1. The summed E-state index contributed by atoms with van der Waals surface area (Å²) in [4.78, 5) is 13.2. The van der Waals surface area contributed by atoms with E-state index < -0.39 is 11.7 Å². The standard InChI is InChI=1S/C16H16F3N3O2/c1-10(23)22-8-2-3-12(9-22)15-21-20-14(24-15)11-4-6-13(7-5-11)16(17,18)19/h4-7,12H,2-3,8-9H2,1H3. The van der Waals surface area contributed by atoms with E-state index in [1.54, 1.807) is 4.90 Å². The number of piperidine rings is 1. The number of rotatable bonds is 2. The Morgan fingerprint density at radius 3 is 2.58 bits per heavy atom. The molecule has 0 aliphatic carbocycles. The number of aromatic nitrogens is 2. The zero-order chi connectivity index (χ0) is 17.3. The van der Waals surface area contributed by atoms with Crippen molar-refractivity contribution in [1.82, 2.24) is 15.1 Å². The van der Waals surface area contributed by atoms with Crippen LogP contribution in [-0.4, -0.2) is 34.1 Å². The van der Waals surface area contributed by atoms with Gasteiger partial charge >= 0.3 is 6.18 Å². The average Bonchev–Trinajstić information content (AvgIpc) is 3.04. The Balaban J connectivity index is 1.77. The molecule has 0 saturated carbocycles. The largest absolute Gasteiger partial charge is 0.420 e. The first kappa shape index (κ1) is 16.5. The zero-order valence-electron chi connectivity index (χ0n) is 13.0. The molecule has 1 aliphatic heterocycles. The number of amides is 1. The first-order chi connectivity index (χ1) is 11.3. The fourth-order valence-electron chi connectivity index (χ4n) is 2.78. The number of carbonyl (C=O) groups is 1. The number of hydrogen-bond donors (Lipinski definition) is 0. The van der Waals surface area contributed by atoms with Gasteiger partial charge in [-0.2, -0.15) is 13.2 Å². The fraction of sp³-hybridized carbons (Fsp3) is 0.438. The van der Waals surface area contributed by atoms with Crippen molar-refractivity contribution in [2.24, 2.45) is 0 Å². The van der Waals surface area contributed by atoms with Gasteiger partial charge in [0.15, 0.2) is 0 Å². The molecule has 24 heavy (non-hydrogen) atoms. The molecule has 1 aliphatic rings. The van der Waals surface area contributed by atoms with E-state index in [1.165, 1.54) is 19.1 Å². The highest BCUT2D eigenvalue weighted by molar-refractivity contribution is 5.73. The molecule has 1 aromatic heterocycles. The lowest BCUT2D eigenvalue weighted by atomic mass is 9.98. The molecule has 2 heterocycles. The maximum Gasteiger partial charge on any atom is 0.416 e. The van der Waals surface area contributed by atoms with Crippen molar-refractivity contribution in [2.45, 2.75) is 31.9 Å². The lowest BCUT2D eigenvalue weighted by Gasteiger charge is -2.30. The van der Waals surface area contributed by atoms with Gasteiger partial charge in [0.05, 0.1) is 11.5 Å². The third-order valence-electron chi connectivity index (χ3n) is 4.12. The molecule has 2 aromatic rings. The van der Waals surface area contributed by atoms with E-state index in [2.05, 4.69) is 10.2 Å². The van der Waals surface area contributed by atoms with Crippen LogP contribution in [-0.2, 0) is 11.0 Å². The third-order valence-corrected chi connectivity index (χ3v) is 4.12. The maximum absolute atomic E-state index is 12.6. The van der Waals surface area contributed by atoms with Crippen LogP contribution in [0.5, 0.6) is 0 Å². The highest BCUT2D eigenvalue weighted by atomic mass is 19.4. The molecule has 5 nitrogen and oxygen atoms in total. The van der Waals surface area contributed by atoms with Crippen LogP contribution in [0.15, 0.2) is 28.7 Å². The minimum absolute atomic E-state index is 0.00202. The van der Waals surface area contributed by atoms with Crippen LogP contribution in [0, 0.1) is 0 Å². The first-order valence-corrected chi connectivity index (χ1v) is 7.61. The van der Waals surface area contributed by atoms with E-state index in [0.717, 1.165) is 25.0 Å². The van der Waals surface area contributed by atoms with E-state index in [1.807, 2.05) is 0 Å². The van der Waals surface area contributed by atoms with Crippen molar-refractivity contribution in [1.29, 1.82) is 0 Å². The summed E-state index contributed by atoms with van der Waals surface area (Å²) in [7, 11) is 0. The third kappa shape index (κ3) is 3.42. The normalized spacial score (nSPS) is 18.7. The first-order valence-electron chi connectivity index (χ1n) is 7.61. The molecule has 0 bridgehead atoms. The van der Waals surface area contributed by atoms with Crippen LogP contribution in [0.4, 0.5) is 13.2 Å². The molecule has 8 heteroatoms. The number of carbonyl (C=O) groups excluding carboxylic acids is 1. The van der Waals surface area contributed by atoms with Crippen LogP contribution in [0.2, 0.25) is 0 Å². The van der Waals surface area contributed by atoms with Crippen molar-refractivity contribution in [3.8, 4) is 11.5 Å². The second-order valence-corrected chi connectivity index (χ2v) is 5.82. The van der Waals surface area contributed by atoms with Crippen molar-refractivity contribution in [3.05, 3.63) is 35.7 Å². The van der Waals surface area contributed by atoms with Crippen molar-refractivity contribution >= 4 is 5.91 Å². The predicted molar refractivity (Wildman–Crippen MR) is 79.0 cm³/mol. The summed E-state index contributed by atoms with van der Waals surface area (Å²) in [5, 5.41) is 7.93. The number of likely N-dealkylation sites (tertiary alicyclic amines) is 1. The summed E-state index contributed by atoms with van der Waals surface area (Å²) in [5.41, 5.74) is -0.295. The van der Waals surface area contributed by atoms with Crippen LogP contribution >= 0.6 is 0 Å². The number of benzene rings is 1. The second kappa shape index (κ2) is 6.26. The fourth-order valence-corrected chi connectivity index (χ4v) is 2.78. The molecule has 1 atom stereocenters. The Morgan fingerprint density at radius 2 is 1.96 bits per heavy atom. The Kier molecular flexibility index (Phi) is 4.29. The Morgan fingerprint density at radius 1 is 1.25 bits per heavy atom. The van der Waals surface area contributed by atoms with E-state index in [-0.39, 0.29) is 17.7 Å². The molecule has 1 unspecified atom stereocenters. The van der Waals surface area contributed by atoms with Crippen molar-refractivity contribution in [3.63, 3.8) is 0 Å². The number of halogens is 3. The summed E-state index contributed by atoms with van der Waals surface area (Å²) in [5.74, 6) is 0.551. The van der Waals surface area contributed by atoms with Gasteiger partial charge in [-0.05, 0) is 37.1 Å². The number of alkyl halides is 3. The van der Waals surface area contributed by atoms with Crippen LogP contribution in [0.25, 0.3) is 11.5 Å². The Hall–Kier alpha value is -2.38. The summed E-state index contributed by atoms with van der Waals surface area (Å²) in [6.45, 7) is 2.75. The highest BCUT2D eigenvalue weighted by Gasteiger charge is 2.30. The van der Waals surface area contributed by atoms with E-state index in [0.29, 0.717) is 24.5 Å². The molecule has 0 N–H and O–H groups in total. The summed E-state index contributed by atoms with van der Waals surface area (Å²) in [6.07, 6.45) is -2.70. The van der Waals surface area contributed by atoms with Gasteiger partial charge in [0.25, 0.3) is 0 Å². The lowest BCUT2D eigenvalue weighted by molar-refractivity contribution is -0.137. The van der Waals surface area contributed by atoms with Crippen LogP contribution in [0.1, 0.15) is 37.1 Å². The molecule has 3 rings (SSSR count). The smallest absolute Gasteiger partial charge is 0.416 e. The zero-order valence-corrected chi connectivity index (χ0v) is 13.0. The van der Waals surface area contributed by atoms with Gasteiger partial charge in [-0.15, -0.1) is 10.2 Å². The molecule has 0 spiro atoms. The van der Waals surface area contributed by atoms with Gasteiger partial charge < -0.3 is 9.32 Å².